The third-order valence-electron chi connectivity index (χ3n) is 11.4. The summed E-state index contributed by atoms with van der Waals surface area (Å²) in [6.07, 6.45) is 14.7. The Balaban J connectivity index is 1.35. The number of imide groups is 1. The molecule has 5 rings (SSSR count). The normalized spacial score (nSPS) is 23.0. The number of carbonyl (C=O) groups is 4. The van der Waals surface area contributed by atoms with Gasteiger partial charge in [-0.3, -0.25) is 33.2 Å². The lowest BCUT2D eigenvalue weighted by atomic mass is 9.75. The van der Waals surface area contributed by atoms with Crippen LogP contribution in [-0.2, 0) is 54.5 Å². The average Bonchev–Trinajstić information content (AvgIpc) is 3.67. The molecule has 0 saturated carbocycles. The summed E-state index contributed by atoms with van der Waals surface area (Å²) >= 11 is 0. The number of benzene rings is 1. The number of hydroxylamine groups is 4. The number of nitrogens with one attached hydrogen (secondary N) is 1. The SMILES string of the molecule is CON(C)C(=O)C1=C[NH+](CCCS(=O)(=O)O)C2(C)N=C(/C=C/C=C/C=C3/N(CCCCCC(=O)ON4C(=O)CCC4=O)c4ccc(S(=O)(=O)O)cc4C3(C)C)C(C)(C)C2=C1. The van der Waals surface area contributed by atoms with Crippen molar-refractivity contribution in [1.29, 1.82) is 0 Å². The van der Waals surface area contributed by atoms with E-state index in [1.54, 1.807) is 18.3 Å². The van der Waals surface area contributed by atoms with Gasteiger partial charge >= 0.3 is 5.97 Å². The number of nitrogens with zero attached hydrogens (tertiary/aromatic N) is 4. The minimum Gasteiger partial charge on any atom is -0.344 e. The van der Waals surface area contributed by atoms with Crippen molar-refractivity contribution >= 4 is 55.3 Å². The maximum absolute atomic E-state index is 13.2. The first kappa shape index (κ1) is 46.3. The molecule has 4 aliphatic heterocycles. The standard InChI is InChI=1S/C41H53N5O12S2/c1-39(2)30-26-29(60(54,55)56)18-19-31(30)45(23-13-9-12-17-37(49)58-46-35(47)20-21-36(46)48)34(39)16-11-8-10-15-33-40(3,4)32-25-28(38(50)43(6)57-7)27-44(41(32,5)42-33)22-14-24-59(51,52)53/h8,10-11,15-16,18-19,25-27H,9,12-14,17,20-24H2,1-7H3,(H,51,52,53)(H,54,55,56)/p+1/b11-8+,15-10+,34-16+. The molecule has 19 heteroatoms. The molecule has 4 heterocycles. The van der Waals surface area contributed by atoms with Gasteiger partial charge in [0.15, 0.2) is 0 Å². The molecule has 2 atom stereocenters. The van der Waals surface area contributed by atoms with Gasteiger partial charge in [-0.1, -0.05) is 52.3 Å². The van der Waals surface area contributed by atoms with Crippen LogP contribution >= 0.6 is 0 Å². The van der Waals surface area contributed by atoms with Crippen LogP contribution in [0.5, 0.6) is 0 Å². The smallest absolute Gasteiger partial charge is 0.333 e. The van der Waals surface area contributed by atoms with Gasteiger partial charge in [0.1, 0.15) is 6.20 Å². The fourth-order valence-corrected chi connectivity index (χ4v) is 9.12. The summed E-state index contributed by atoms with van der Waals surface area (Å²) in [5, 5.41) is 1.64. The van der Waals surface area contributed by atoms with Gasteiger partial charge in [0, 0.05) is 74.0 Å². The second kappa shape index (κ2) is 17.7. The van der Waals surface area contributed by atoms with Crippen LogP contribution in [0.1, 0.15) is 85.1 Å². The number of fused-ring (bicyclic) bond motifs is 2. The maximum Gasteiger partial charge on any atom is 0.333 e. The first-order valence-electron chi connectivity index (χ1n) is 19.6. The molecule has 60 heavy (non-hydrogen) atoms. The lowest BCUT2D eigenvalue weighted by molar-refractivity contribution is -0.895. The minimum absolute atomic E-state index is 0.0146. The van der Waals surface area contributed by atoms with Crippen molar-refractivity contribution in [1.82, 2.24) is 10.1 Å². The van der Waals surface area contributed by atoms with E-state index in [-0.39, 0.29) is 43.0 Å². The molecule has 2 unspecified atom stereocenters. The number of likely N-dealkylation sites (N-methyl/N-ethyl adjacent to an activating group) is 1. The summed E-state index contributed by atoms with van der Waals surface area (Å²) in [4.78, 5) is 67.0. The summed E-state index contributed by atoms with van der Waals surface area (Å²) in [6.45, 7) is 10.6. The molecule has 326 valence electrons. The Morgan fingerprint density at radius 3 is 2.27 bits per heavy atom. The lowest BCUT2D eigenvalue weighted by Crippen LogP contribution is -3.16. The van der Waals surface area contributed by atoms with Crippen molar-refractivity contribution < 1.29 is 59.7 Å². The van der Waals surface area contributed by atoms with Gasteiger partial charge in [0.2, 0.25) is 5.66 Å². The van der Waals surface area contributed by atoms with Crippen LogP contribution < -0.4 is 9.80 Å². The Kier molecular flexibility index (Phi) is 13.6. The zero-order chi connectivity index (χ0) is 44.4. The van der Waals surface area contributed by atoms with Gasteiger partial charge in [-0.25, -0.2) is 14.9 Å². The monoisotopic (exact) mass is 872 g/mol. The molecular weight excluding hydrogens is 819 g/mol. The van der Waals surface area contributed by atoms with Crippen LogP contribution in [-0.4, -0.2) is 104 Å². The topological polar surface area (TPSA) is 222 Å². The summed E-state index contributed by atoms with van der Waals surface area (Å²) in [7, 11) is -5.79. The number of anilines is 1. The van der Waals surface area contributed by atoms with Crippen molar-refractivity contribution in [2.75, 3.05) is 37.9 Å². The first-order chi connectivity index (χ1) is 27.9. The number of quaternary nitrogens is 1. The highest BCUT2D eigenvalue weighted by atomic mass is 32.2. The third kappa shape index (κ3) is 9.87. The van der Waals surface area contributed by atoms with Gasteiger partial charge in [0.05, 0.1) is 35.6 Å². The molecular formula is C41H54N5O12S2+. The van der Waals surface area contributed by atoms with Crippen LogP contribution in [0.3, 0.4) is 0 Å². The van der Waals surface area contributed by atoms with E-state index in [1.165, 1.54) is 26.3 Å². The Morgan fingerprint density at radius 2 is 1.63 bits per heavy atom. The van der Waals surface area contributed by atoms with Crippen LogP contribution in [0.15, 0.2) is 87.6 Å². The largest absolute Gasteiger partial charge is 0.344 e. The molecule has 3 N–H and O–H groups in total. The summed E-state index contributed by atoms with van der Waals surface area (Å²) in [5.41, 5.74) is 2.05. The molecule has 1 aromatic rings. The Morgan fingerprint density at radius 1 is 0.950 bits per heavy atom. The molecule has 0 aromatic heterocycles. The molecule has 1 aromatic carbocycles. The third-order valence-corrected chi connectivity index (χ3v) is 13.1. The fraction of sp³-hybridized carbons (Fsp3) is 0.488. The van der Waals surface area contributed by atoms with Crippen molar-refractivity contribution in [3.8, 4) is 0 Å². The second-order valence-electron chi connectivity index (χ2n) is 16.3. The highest BCUT2D eigenvalue weighted by molar-refractivity contribution is 7.86. The van der Waals surface area contributed by atoms with Crippen molar-refractivity contribution in [2.24, 2.45) is 10.4 Å². The van der Waals surface area contributed by atoms with Crippen LogP contribution in [0.2, 0.25) is 0 Å². The Bertz CT molecular complexity index is 2330. The van der Waals surface area contributed by atoms with Crippen molar-refractivity contribution in [2.45, 2.75) is 95.5 Å². The molecule has 1 saturated heterocycles. The van der Waals surface area contributed by atoms with Gasteiger partial charge in [-0.15, -0.1) is 5.06 Å². The van der Waals surface area contributed by atoms with E-state index in [1.807, 2.05) is 65.0 Å². The van der Waals surface area contributed by atoms with E-state index in [4.69, 9.17) is 14.7 Å². The lowest BCUT2D eigenvalue weighted by Gasteiger charge is -2.37. The molecule has 1 fully saturated rings. The minimum atomic E-state index is -4.47. The summed E-state index contributed by atoms with van der Waals surface area (Å²) in [6, 6.07) is 4.49. The molecule has 0 radical (unpaired) electrons. The predicted molar refractivity (Wildman–Crippen MR) is 221 cm³/mol. The van der Waals surface area contributed by atoms with E-state index in [0.717, 1.165) is 32.6 Å². The zero-order valence-electron chi connectivity index (χ0n) is 34.9. The molecule has 0 spiro atoms. The van der Waals surface area contributed by atoms with Gasteiger partial charge < -0.3 is 9.74 Å². The Labute approximate surface area is 351 Å². The Hall–Kier alpha value is -4.79. The molecule has 17 nitrogen and oxygen atoms in total. The number of allylic oxidation sites excluding steroid dienone is 6. The number of rotatable bonds is 17. The van der Waals surface area contributed by atoms with Crippen LogP contribution in [0.25, 0.3) is 0 Å². The fourth-order valence-electron chi connectivity index (χ4n) is 8.11. The van der Waals surface area contributed by atoms with Crippen molar-refractivity contribution in [3.63, 3.8) is 0 Å². The summed E-state index contributed by atoms with van der Waals surface area (Å²) < 4.78 is 66.5. The van der Waals surface area contributed by atoms with Gasteiger partial charge in [-0.05, 0) is 54.8 Å². The van der Waals surface area contributed by atoms with Gasteiger partial charge in [-0.2, -0.15) is 16.8 Å². The second-order valence-corrected chi connectivity index (χ2v) is 19.3. The number of hydrogen-bond acceptors (Lipinski definition) is 12. The van der Waals surface area contributed by atoms with Gasteiger partial charge in [0.25, 0.3) is 38.0 Å². The number of aliphatic imine (C=N–C) groups is 1. The predicted octanol–water partition coefficient (Wildman–Crippen LogP) is 3.40. The quantitative estimate of drug-likeness (QED) is 0.0673. The van der Waals surface area contributed by atoms with Crippen LogP contribution in [0.4, 0.5) is 5.69 Å². The number of hydrogen-bond donors (Lipinski definition) is 3. The first-order valence-corrected chi connectivity index (χ1v) is 22.7. The van der Waals surface area contributed by atoms with Crippen molar-refractivity contribution in [3.05, 3.63) is 83.3 Å². The van der Waals surface area contributed by atoms with E-state index >= 15 is 0 Å². The number of amides is 3. The van der Waals surface area contributed by atoms with E-state index in [2.05, 4.69) is 4.90 Å². The average molecular weight is 873 g/mol. The maximum atomic E-state index is 13.2. The highest BCUT2D eigenvalue weighted by Crippen LogP contribution is 2.49. The van der Waals surface area contributed by atoms with E-state index < -0.39 is 60.3 Å². The summed E-state index contributed by atoms with van der Waals surface area (Å²) in [5.74, 6) is -2.57. The molecule has 4 aliphatic rings. The highest BCUT2D eigenvalue weighted by Gasteiger charge is 2.54. The molecule has 0 aliphatic carbocycles. The number of carbonyl (C=O) groups excluding carboxylic acids is 4. The molecule has 3 amide bonds. The number of unbranched alkanes of at least 4 members (excludes halogenated alkanes) is 2. The molecule has 0 bridgehead atoms. The zero-order valence-corrected chi connectivity index (χ0v) is 36.6. The van der Waals surface area contributed by atoms with E-state index in [9.17, 15) is 45.1 Å². The van der Waals surface area contributed by atoms with E-state index in [0.29, 0.717) is 42.0 Å². The van der Waals surface area contributed by atoms with Crippen LogP contribution in [0, 0.1) is 5.41 Å².